The number of fused-ring (bicyclic) bond motifs is 1. The number of carbonyl (C=O) groups excluding carboxylic acids is 1. The lowest BCUT2D eigenvalue weighted by Crippen LogP contribution is -2.15. The van der Waals surface area contributed by atoms with Crippen molar-refractivity contribution in [2.75, 3.05) is 6.61 Å². The maximum Gasteiger partial charge on any atom is 0.336 e. The molecule has 0 saturated heterocycles. The van der Waals surface area contributed by atoms with E-state index in [1.807, 2.05) is 0 Å². The molecular weight excluding hydrogens is 308 g/mol. The molecule has 0 aliphatic rings. The van der Waals surface area contributed by atoms with Gasteiger partial charge < -0.3 is 14.3 Å². The van der Waals surface area contributed by atoms with E-state index in [9.17, 15) is 14.7 Å². The summed E-state index contributed by atoms with van der Waals surface area (Å²) in [6.45, 7) is 4.82. The summed E-state index contributed by atoms with van der Waals surface area (Å²) in [4.78, 5) is 23.0. The zero-order chi connectivity index (χ0) is 17.7. The van der Waals surface area contributed by atoms with Crippen LogP contribution in [0.15, 0.2) is 51.2 Å². The van der Waals surface area contributed by atoms with Gasteiger partial charge in [-0.3, -0.25) is 4.79 Å². The quantitative estimate of drug-likeness (QED) is 0.404. The highest BCUT2D eigenvalue weighted by atomic mass is 16.5. The first-order valence-electron chi connectivity index (χ1n) is 7.38. The van der Waals surface area contributed by atoms with Gasteiger partial charge in [0.25, 0.3) is 0 Å². The van der Waals surface area contributed by atoms with E-state index in [4.69, 9.17) is 9.15 Å². The number of allylic oxidation sites excluding steroid dienone is 1. The second-order valence-corrected chi connectivity index (χ2v) is 5.79. The fourth-order valence-electron chi connectivity index (χ4n) is 1.79. The number of aliphatic hydroxyl groups is 1. The predicted octanol–water partition coefficient (Wildman–Crippen LogP) is 2.46. The fraction of sp³-hybridized carbons (Fsp3) is 0.263. The molecule has 0 aliphatic heterocycles. The molecule has 2 aromatic rings. The van der Waals surface area contributed by atoms with E-state index >= 15 is 0 Å². The van der Waals surface area contributed by atoms with Crippen molar-refractivity contribution in [1.29, 1.82) is 0 Å². The van der Waals surface area contributed by atoms with Gasteiger partial charge in [-0.15, -0.1) is 0 Å². The Morgan fingerprint density at radius 1 is 1.33 bits per heavy atom. The van der Waals surface area contributed by atoms with Crippen LogP contribution in [0.1, 0.15) is 20.8 Å². The van der Waals surface area contributed by atoms with Crippen molar-refractivity contribution < 1.29 is 19.1 Å². The molecule has 0 atom stereocenters. The summed E-state index contributed by atoms with van der Waals surface area (Å²) in [5.41, 5.74) is -0.764. The molecule has 5 nitrogen and oxygen atoms in total. The number of rotatable bonds is 4. The van der Waals surface area contributed by atoms with E-state index in [0.717, 1.165) is 5.39 Å². The summed E-state index contributed by atoms with van der Waals surface area (Å²) in [5.74, 6) is 5.01. The van der Waals surface area contributed by atoms with Gasteiger partial charge in [0.05, 0.1) is 0 Å². The van der Waals surface area contributed by atoms with E-state index in [0.29, 0.717) is 16.9 Å². The Morgan fingerprint density at radius 2 is 2.04 bits per heavy atom. The monoisotopic (exact) mass is 326 g/mol. The highest BCUT2D eigenvalue weighted by molar-refractivity contribution is 6.08. The number of ketones is 1. The molecule has 1 heterocycles. The summed E-state index contributed by atoms with van der Waals surface area (Å²) in [5, 5.41) is 10.3. The van der Waals surface area contributed by atoms with Gasteiger partial charge in [-0.1, -0.05) is 5.92 Å². The van der Waals surface area contributed by atoms with Gasteiger partial charge >= 0.3 is 5.63 Å². The molecule has 124 valence electrons. The van der Waals surface area contributed by atoms with Crippen LogP contribution in [0.3, 0.4) is 0 Å². The smallest absolute Gasteiger partial charge is 0.336 e. The molecule has 0 saturated carbocycles. The van der Waals surface area contributed by atoms with Gasteiger partial charge in [-0.2, -0.15) is 0 Å². The molecule has 0 amide bonds. The van der Waals surface area contributed by atoms with Gasteiger partial charge in [0.2, 0.25) is 5.78 Å². The molecule has 0 spiro atoms. The van der Waals surface area contributed by atoms with Crippen molar-refractivity contribution in [3.8, 4) is 17.6 Å². The molecule has 24 heavy (non-hydrogen) atoms. The summed E-state index contributed by atoms with van der Waals surface area (Å²) in [6, 6.07) is 8.19. The zero-order valence-corrected chi connectivity index (χ0v) is 13.8. The predicted molar refractivity (Wildman–Crippen MR) is 90.8 cm³/mol. The van der Waals surface area contributed by atoms with Crippen molar-refractivity contribution in [2.45, 2.75) is 26.4 Å². The second-order valence-electron chi connectivity index (χ2n) is 5.79. The van der Waals surface area contributed by atoms with Crippen LogP contribution in [0, 0.1) is 11.8 Å². The zero-order valence-electron chi connectivity index (χ0n) is 13.8. The van der Waals surface area contributed by atoms with Gasteiger partial charge in [0, 0.05) is 23.1 Å². The first-order valence-corrected chi connectivity index (χ1v) is 7.38. The average molecular weight is 326 g/mol. The maximum absolute atomic E-state index is 11.8. The van der Waals surface area contributed by atoms with Crippen LogP contribution in [0.25, 0.3) is 11.0 Å². The van der Waals surface area contributed by atoms with Crippen LogP contribution in [0.4, 0.5) is 0 Å². The Morgan fingerprint density at radius 3 is 2.75 bits per heavy atom. The van der Waals surface area contributed by atoms with E-state index in [2.05, 4.69) is 11.8 Å². The average Bonchev–Trinajstić information content (AvgIpc) is 2.51. The van der Waals surface area contributed by atoms with Gasteiger partial charge in [0.1, 0.15) is 23.5 Å². The molecular formula is C19H18O5. The minimum atomic E-state index is -1.21. The summed E-state index contributed by atoms with van der Waals surface area (Å²) in [6.07, 6.45) is 1.60. The molecule has 1 N–H and O–H groups in total. The maximum atomic E-state index is 11.8. The largest absolute Gasteiger partial charge is 0.489 e. The summed E-state index contributed by atoms with van der Waals surface area (Å²) >= 11 is 0. The van der Waals surface area contributed by atoms with Gasteiger partial charge in [0.15, 0.2) is 0 Å². The van der Waals surface area contributed by atoms with Crippen LogP contribution < -0.4 is 10.4 Å². The first-order chi connectivity index (χ1) is 11.2. The Kier molecular flexibility index (Phi) is 5.22. The minimum Gasteiger partial charge on any atom is -0.489 e. The highest BCUT2D eigenvalue weighted by Crippen LogP contribution is 2.19. The van der Waals surface area contributed by atoms with E-state index in [1.165, 1.54) is 19.9 Å². The van der Waals surface area contributed by atoms with E-state index in [1.54, 1.807) is 37.3 Å². The molecule has 0 fully saturated rings. The Balaban J connectivity index is 2.03. The Hall–Kier alpha value is -2.84. The van der Waals surface area contributed by atoms with Crippen molar-refractivity contribution in [3.63, 3.8) is 0 Å². The van der Waals surface area contributed by atoms with E-state index in [-0.39, 0.29) is 12.4 Å². The number of Topliss-reactive ketones (excluding diaryl/α,β-unsaturated/α-hetero) is 1. The van der Waals surface area contributed by atoms with Crippen LogP contribution in [-0.4, -0.2) is 23.1 Å². The normalized spacial score (nSPS) is 11.8. The SMILES string of the molecule is C/C(=C\COc1ccc2ccc(=O)oc2c1)C(=O)C#CC(C)(C)O. The van der Waals surface area contributed by atoms with Crippen LogP contribution in [0.2, 0.25) is 0 Å². The third-order valence-corrected chi connectivity index (χ3v) is 3.07. The Labute approximate surface area is 139 Å². The number of benzene rings is 1. The second kappa shape index (κ2) is 7.16. The molecule has 2 rings (SSSR count). The molecule has 5 heteroatoms. The van der Waals surface area contributed by atoms with Gasteiger partial charge in [-0.25, -0.2) is 4.79 Å². The fourth-order valence-corrected chi connectivity index (χ4v) is 1.79. The van der Waals surface area contributed by atoms with Crippen molar-refractivity contribution in [2.24, 2.45) is 0 Å². The lowest BCUT2D eigenvalue weighted by atomic mass is 10.1. The third-order valence-electron chi connectivity index (χ3n) is 3.07. The first kappa shape index (κ1) is 17.5. The Bertz CT molecular complexity index is 901. The molecule has 1 aromatic heterocycles. The van der Waals surface area contributed by atoms with Crippen LogP contribution in [0.5, 0.6) is 5.75 Å². The number of hydrogen-bond acceptors (Lipinski definition) is 5. The van der Waals surface area contributed by atoms with Crippen molar-refractivity contribution >= 4 is 16.8 Å². The number of hydrogen-bond donors (Lipinski definition) is 1. The van der Waals surface area contributed by atoms with Gasteiger partial charge in [-0.05, 0) is 51.0 Å². The van der Waals surface area contributed by atoms with Crippen molar-refractivity contribution in [3.05, 3.63) is 52.4 Å². The topological polar surface area (TPSA) is 76.7 Å². The standard InChI is InChI=1S/C19H18O5/c1-13(16(20)8-10-19(2,3)22)9-11-23-15-6-4-14-5-7-18(21)24-17(14)12-15/h4-7,9,12,22H,11H2,1-3H3/b13-9+. The molecule has 0 aliphatic carbocycles. The molecule has 1 aromatic carbocycles. The molecule has 0 bridgehead atoms. The molecule has 0 radical (unpaired) electrons. The van der Waals surface area contributed by atoms with Crippen LogP contribution in [-0.2, 0) is 4.79 Å². The highest BCUT2D eigenvalue weighted by Gasteiger charge is 2.08. The minimum absolute atomic E-state index is 0.171. The lowest BCUT2D eigenvalue weighted by Gasteiger charge is -2.06. The summed E-state index contributed by atoms with van der Waals surface area (Å²) < 4.78 is 10.6. The summed E-state index contributed by atoms with van der Waals surface area (Å²) in [7, 11) is 0. The lowest BCUT2D eigenvalue weighted by molar-refractivity contribution is -0.110. The van der Waals surface area contributed by atoms with Crippen LogP contribution >= 0.6 is 0 Å². The van der Waals surface area contributed by atoms with Crippen molar-refractivity contribution in [1.82, 2.24) is 0 Å². The number of carbonyl (C=O) groups is 1. The number of ether oxygens (including phenoxy) is 1. The molecule has 0 unspecified atom stereocenters. The third kappa shape index (κ3) is 5.11. The van der Waals surface area contributed by atoms with E-state index < -0.39 is 11.2 Å².